The van der Waals surface area contributed by atoms with Gasteiger partial charge in [0.2, 0.25) is 0 Å². The standard InChI is InChI=1S/C12H17BrN2O3/c1-8(6-16)14-12(17)15-11-5-3-4-10(13)9(11)7-18-2/h3-5,8,16H,6-7H2,1-2H3,(H2,14,15,17). The molecule has 1 atom stereocenters. The highest BCUT2D eigenvalue weighted by Crippen LogP contribution is 2.25. The van der Waals surface area contributed by atoms with E-state index < -0.39 is 0 Å². The summed E-state index contributed by atoms with van der Waals surface area (Å²) in [7, 11) is 1.59. The van der Waals surface area contributed by atoms with Crippen molar-refractivity contribution in [3.63, 3.8) is 0 Å². The summed E-state index contributed by atoms with van der Waals surface area (Å²) in [6, 6.07) is 4.86. The summed E-state index contributed by atoms with van der Waals surface area (Å²) in [5.74, 6) is 0. The summed E-state index contributed by atoms with van der Waals surface area (Å²) in [5, 5.41) is 14.2. The molecule has 18 heavy (non-hydrogen) atoms. The number of urea groups is 1. The third kappa shape index (κ3) is 4.29. The SMILES string of the molecule is COCc1c(Br)cccc1NC(=O)NC(C)CO. The summed E-state index contributed by atoms with van der Waals surface area (Å²) in [6.07, 6.45) is 0. The maximum atomic E-state index is 11.7. The lowest BCUT2D eigenvalue weighted by atomic mass is 10.2. The van der Waals surface area contributed by atoms with Crippen LogP contribution in [0.15, 0.2) is 22.7 Å². The Balaban J connectivity index is 2.77. The number of methoxy groups -OCH3 is 1. The lowest BCUT2D eigenvalue weighted by Crippen LogP contribution is -2.38. The van der Waals surface area contributed by atoms with Gasteiger partial charge in [0.15, 0.2) is 0 Å². The minimum Gasteiger partial charge on any atom is -0.394 e. The number of halogens is 1. The Kier molecular flexibility index (Phi) is 6.11. The number of benzene rings is 1. The summed E-state index contributed by atoms with van der Waals surface area (Å²) < 4.78 is 5.96. The molecule has 0 aliphatic rings. The van der Waals surface area contributed by atoms with E-state index in [0.29, 0.717) is 12.3 Å². The molecule has 1 rings (SSSR count). The largest absolute Gasteiger partial charge is 0.394 e. The molecule has 0 aliphatic heterocycles. The van der Waals surface area contributed by atoms with Crippen molar-refractivity contribution in [2.75, 3.05) is 19.0 Å². The first-order chi connectivity index (χ1) is 8.58. The smallest absolute Gasteiger partial charge is 0.319 e. The molecular weight excluding hydrogens is 300 g/mol. The van der Waals surface area contributed by atoms with Gasteiger partial charge in [0, 0.05) is 22.8 Å². The van der Waals surface area contributed by atoms with Gasteiger partial charge in [-0.05, 0) is 19.1 Å². The predicted octanol–water partition coefficient (Wildman–Crippen LogP) is 2.10. The number of aliphatic hydroxyl groups is 1. The molecule has 0 heterocycles. The molecule has 1 aromatic rings. The zero-order chi connectivity index (χ0) is 13.5. The zero-order valence-electron chi connectivity index (χ0n) is 10.4. The van der Waals surface area contributed by atoms with Gasteiger partial charge in [0.25, 0.3) is 0 Å². The van der Waals surface area contributed by atoms with E-state index in [9.17, 15) is 4.79 Å². The molecule has 0 aliphatic carbocycles. The summed E-state index contributed by atoms with van der Waals surface area (Å²) in [5.41, 5.74) is 1.54. The molecule has 6 heteroatoms. The molecule has 5 nitrogen and oxygen atoms in total. The number of nitrogens with one attached hydrogen (secondary N) is 2. The van der Waals surface area contributed by atoms with Crippen molar-refractivity contribution in [1.82, 2.24) is 5.32 Å². The fraction of sp³-hybridized carbons (Fsp3) is 0.417. The Morgan fingerprint density at radius 3 is 2.89 bits per heavy atom. The van der Waals surface area contributed by atoms with Crippen LogP contribution < -0.4 is 10.6 Å². The van der Waals surface area contributed by atoms with E-state index in [2.05, 4.69) is 26.6 Å². The van der Waals surface area contributed by atoms with Crippen molar-refractivity contribution in [2.45, 2.75) is 19.6 Å². The van der Waals surface area contributed by atoms with Crippen LogP contribution in [0.3, 0.4) is 0 Å². The van der Waals surface area contributed by atoms with Gasteiger partial charge >= 0.3 is 6.03 Å². The molecule has 0 saturated carbocycles. The topological polar surface area (TPSA) is 70.6 Å². The first-order valence-corrected chi connectivity index (χ1v) is 6.32. The number of hydrogen-bond donors (Lipinski definition) is 3. The zero-order valence-corrected chi connectivity index (χ0v) is 12.0. The number of rotatable bonds is 5. The molecule has 100 valence electrons. The first kappa shape index (κ1) is 14.9. The van der Waals surface area contributed by atoms with Crippen molar-refractivity contribution in [3.8, 4) is 0 Å². The predicted molar refractivity (Wildman–Crippen MR) is 73.6 cm³/mol. The van der Waals surface area contributed by atoms with E-state index in [1.54, 1.807) is 20.1 Å². The van der Waals surface area contributed by atoms with Gasteiger partial charge in [-0.15, -0.1) is 0 Å². The minimum atomic E-state index is -0.355. The Morgan fingerprint density at radius 1 is 1.56 bits per heavy atom. The van der Waals surface area contributed by atoms with Gasteiger partial charge < -0.3 is 20.5 Å². The van der Waals surface area contributed by atoms with Crippen molar-refractivity contribution in [1.29, 1.82) is 0 Å². The Labute approximate surface area is 115 Å². The lowest BCUT2D eigenvalue weighted by Gasteiger charge is -2.15. The van der Waals surface area contributed by atoms with E-state index in [0.717, 1.165) is 10.0 Å². The van der Waals surface area contributed by atoms with Crippen LogP contribution in [0.2, 0.25) is 0 Å². The van der Waals surface area contributed by atoms with E-state index in [1.807, 2.05) is 12.1 Å². The first-order valence-electron chi connectivity index (χ1n) is 5.53. The molecule has 0 spiro atoms. The second kappa shape index (κ2) is 7.35. The Bertz CT molecular complexity index is 412. The highest BCUT2D eigenvalue weighted by atomic mass is 79.9. The van der Waals surface area contributed by atoms with Crippen LogP contribution in [0.25, 0.3) is 0 Å². The fourth-order valence-electron chi connectivity index (χ4n) is 1.39. The number of aliphatic hydroxyl groups excluding tert-OH is 1. The van der Waals surface area contributed by atoms with Crippen LogP contribution in [0, 0.1) is 0 Å². The van der Waals surface area contributed by atoms with Gasteiger partial charge in [-0.2, -0.15) is 0 Å². The third-order valence-corrected chi connectivity index (χ3v) is 3.05. The number of ether oxygens (including phenoxy) is 1. The molecule has 1 unspecified atom stereocenters. The molecule has 0 bridgehead atoms. The molecule has 3 N–H and O–H groups in total. The molecule has 2 amide bonds. The molecule has 0 radical (unpaired) electrons. The van der Waals surface area contributed by atoms with E-state index in [1.165, 1.54) is 0 Å². The number of amides is 2. The maximum absolute atomic E-state index is 11.7. The molecule has 0 aromatic heterocycles. The van der Waals surface area contributed by atoms with Crippen LogP contribution in [0.5, 0.6) is 0 Å². The molecule has 0 fully saturated rings. The van der Waals surface area contributed by atoms with E-state index >= 15 is 0 Å². The highest BCUT2D eigenvalue weighted by molar-refractivity contribution is 9.10. The van der Waals surface area contributed by atoms with Gasteiger partial charge in [0.05, 0.1) is 19.3 Å². The monoisotopic (exact) mass is 316 g/mol. The van der Waals surface area contributed by atoms with E-state index in [4.69, 9.17) is 9.84 Å². The summed E-state index contributed by atoms with van der Waals surface area (Å²) >= 11 is 3.41. The third-order valence-electron chi connectivity index (χ3n) is 2.31. The van der Waals surface area contributed by atoms with Crippen molar-refractivity contribution >= 4 is 27.6 Å². The van der Waals surface area contributed by atoms with Gasteiger partial charge in [0.1, 0.15) is 0 Å². The fourth-order valence-corrected chi connectivity index (χ4v) is 1.88. The van der Waals surface area contributed by atoms with Crippen molar-refractivity contribution in [3.05, 3.63) is 28.2 Å². The molecule has 0 saturated heterocycles. The van der Waals surface area contributed by atoms with Crippen LogP contribution >= 0.6 is 15.9 Å². The number of anilines is 1. The lowest BCUT2D eigenvalue weighted by molar-refractivity contribution is 0.185. The van der Waals surface area contributed by atoms with E-state index in [-0.39, 0.29) is 18.7 Å². The molecule has 1 aromatic carbocycles. The minimum absolute atomic E-state index is 0.100. The Hall–Kier alpha value is -1.11. The second-order valence-electron chi connectivity index (χ2n) is 3.88. The molecular formula is C12H17BrN2O3. The Morgan fingerprint density at radius 2 is 2.28 bits per heavy atom. The van der Waals surface area contributed by atoms with Gasteiger partial charge in [-0.1, -0.05) is 22.0 Å². The van der Waals surface area contributed by atoms with Gasteiger partial charge in [-0.3, -0.25) is 0 Å². The van der Waals surface area contributed by atoms with Crippen molar-refractivity contribution < 1.29 is 14.6 Å². The van der Waals surface area contributed by atoms with Crippen molar-refractivity contribution in [2.24, 2.45) is 0 Å². The summed E-state index contributed by atoms with van der Waals surface area (Å²) in [4.78, 5) is 11.7. The average molecular weight is 317 g/mol. The average Bonchev–Trinajstić information content (AvgIpc) is 2.33. The maximum Gasteiger partial charge on any atom is 0.319 e. The quantitative estimate of drug-likeness (QED) is 0.779. The van der Waals surface area contributed by atoms with Crippen LogP contribution in [0.1, 0.15) is 12.5 Å². The second-order valence-corrected chi connectivity index (χ2v) is 4.74. The van der Waals surface area contributed by atoms with Gasteiger partial charge in [-0.25, -0.2) is 4.79 Å². The highest BCUT2D eigenvalue weighted by Gasteiger charge is 2.11. The van der Waals surface area contributed by atoms with Crippen LogP contribution in [-0.4, -0.2) is 30.9 Å². The van der Waals surface area contributed by atoms with Crippen LogP contribution in [-0.2, 0) is 11.3 Å². The number of hydrogen-bond acceptors (Lipinski definition) is 3. The summed E-state index contributed by atoms with van der Waals surface area (Å²) in [6.45, 7) is 2.01. The van der Waals surface area contributed by atoms with Crippen LogP contribution in [0.4, 0.5) is 10.5 Å². The normalized spacial score (nSPS) is 12.0. The number of carbonyl (C=O) groups excluding carboxylic acids is 1. The number of carbonyl (C=O) groups is 1.